The predicted octanol–water partition coefficient (Wildman–Crippen LogP) is 3.76. The van der Waals surface area contributed by atoms with Gasteiger partial charge in [-0.25, -0.2) is 0 Å². The fourth-order valence-electron chi connectivity index (χ4n) is 1.49. The van der Waals surface area contributed by atoms with Crippen molar-refractivity contribution in [2.24, 2.45) is 4.99 Å². The third-order valence-electron chi connectivity index (χ3n) is 2.55. The van der Waals surface area contributed by atoms with Gasteiger partial charge in [-0.3, -0.25) is 9.79 Å². The average molecular weight is 241 g/mol. The van der Waals surface area contributed by atoms with Gasteiger partial charge in [-0.05, 0) is 19.8 Å². The van der Waals surface area contributed by atoms with Crippen LogP contribution in [-0.4, -0.2) is 24.8 Å². The molecule has 0 aromatic carbocycles. The molecule has 0 heterocycles. The zero-order valence-electron chi connectivity index (χ0n) is 11.6. The molecular formula is C14H27NO2. The molecule has 100 valence electrons. The van der Waals surface area contributed by atoms with Gasteiger partial charge in [0.15, 0.2) is 0 Å². The minimum Gasteiger partial charge on any atom is -0.465 e. The summed E-state index contributed by atoms with van der Waals surface area (Å²) in [5, 5.41) is 0. The molecule has 0 unspecified atom stereocenters. The number of hydrogen-bond acceptors (Lipinski definition) is 3. The Morgan fingerprint density at radius 1 is 1.06 bits per heavy atom. The molecule has 0 aromatic rings. The molecule has 0 aromatic heterocycles. The largest absolute Gasteiger partial charge is 0.465 e. The lowest BCUT2D eigenvalue weighted by atomic mass is 10.2. The SMILES string of the molecule is CCCCC/N=C(/C)CC(=O)OCCCCC. The summed E-state index contributed by atoms with van der Waals surface area (Å²) in [4.78, 5) is 15.8. The Bertz CT molecular complexity index is 224. The Balaban J connectivity index is 3.57. The summed E-state index contributed by atoms with van der Waals surface area (Å²) >= 11 is 0. The highest BCUT2D eigenvalue weighted by Crippen LogP contribution is 1.99. The van der Waals surface area contributed by atoms with Crippen LogP contribution in [0.25, 0.3) is 0 Å². The van der Waals surface area contributed by atoms with Crippen LogP contribution >= 0.6 is 0 Å². The van der Waals surface area contributed by atoms with E-state index >= 15 is 0 Å². The van der Waals surface area contributed by atoms with Crippen LogP contribution in [0.1, 0.15) is 65.7 Å². The van der Waals surface area contributed by atoms with E-state index in [1.165, 1.54) is 12.8 Å². The Hall–Kier alpha value is -0.860. The zero-order valence-corrected chi connectivity index (χ0v) is 11.6. The van der Waals surface area contributed by atoms with Crippen molar-refractivity contribution in [3.63, 3.8) is 0 Å². The summed E-state index contributed by atoms with van der Waals surface area (Å²) in [6.07, 6.45) is 7.10. The maximum absolute atomic E-state index is 11.4. The van der Waals surface area contributed by atoms with Gasteiger partial charge in [-0.1, -0.05) is 39.5 Å². The lowest BCUT2D eigenvalue weighted by Crippen LogP contribution is -2.10. The number of esters is 1. The maximum atomic E-state index is 11.4. The standard InChI is InChI=1S/C14H27NO2/c1-4-6-8-10-15-13(3)12-14(16)17-11-9-7-5-2/h4-12H2,1-3H3/b15-13-. The lowest BCUT2D eigenvalue weighted by Gasteiger charge is -2.04. The van der Waals surface area contributed by atoms with Crippen LogP contribution in [0.3, 0.4) is 0 Å². The Labute approximate surface area is 106 Å². The molecule has 0 saturated heterocycles. The van der Waals surface area contributed by atoms with Gasteiger partial charge in [-0.15, -0.1) is 0 Å². The van der Waals surface area contributed by atoms with E-state index in [2.05, 4.69) is 18.8 Å². The second kappa shape index (κ2) is 11.6. The van der Waals surface area contributed by atoms with E-state index in [9.17, 15) is 4.79 Å². The number of rotatable bonds is 10. The Kier molecular flexibility index (Phi) is 11.0. The second-order valence-corrected chi connectivity index (χ2v) is 4.43. The predicted molar refractivity (Wildman–Crippen MR) is 72.6 cm³/mol. The molecule has 0 rings (SSSR count). The molecule has 3 nitrogen and oxygen atoms in total. The van der Waals surface area contributed by atoms with Crippen LogP contribution in [-0.2, 0) is 9.53 Å². The van der Waals surface area contributed by atoms with E-state index in [4.69, 9.17) is 4.74 Å². The van der Waals surface area contributed by atoms with Gasteiger partial charge in [0.25, 0.3) is 0 Å². The van der Waals surface area contributed by atoms with Gasteiger partial charge in [0.2, 0.25) is 0 Å². The third-order valence-corrected chi connectivity index (χ3v) is 2.55. The summed E-state index contributed by atoms with van der Waals surface area (Å²) in [6, 6.07) is 0. The topological polar surface area (TPSA) is 38.7 Å². The van der Waals surface area contributed by atoms with Crippen LogP contribution in [0.5, 0.6) is 0 Å². The number of aliphatic imine (C=N–C) groups is 1. The van der Waals surface area contributed by atoms with E-state index in [1.54, 1.807) is 0 Å². The molecule has 0 spiro atoms. The van der Waals surface area contributed by atoms with E-state index in [0.29, 0.717) is 13.0 Å². The number of carbonyl (C=O) groups is 1. The van der Waals surface area contributed by atoms with Crippen LogP contribution in [0, 0.1) is 0 Å². The van der Waals surface area contributed by atoms with Crippen LogP contribution in [0.4, 0.5) is 0 Å². The molecule has 0 bridgehead atoms. The first kappa shape index (κ1) is 16.1. The molecule has 0 aliphatic carbocycles. The monoisotopic (exact) mass is 241 g/mol. The second-order valence-electron chi connectivity index (χ2n) is 4.43. The van der Waals surface area contributed by atoms with E-state index in [0.717, 1.165) is 37.9 Å². The first-order valence-electron chi connectivity index (χ1n) is 6.86. The molecule has 0 atom stereocenters. The molecule has 0 radical (unpaired) electrons. The first-order chi connectivity index (χ1) is 8.20. The van der Waals surface area contributed by atoms with Crippen LogP contribution in [0.2, 0.25) is 0 Å². The van der Waals surface area contributed by atoms with E-state index in [-0.39, 0.29) is 5.97 Å². The van der Waals surface area contributed by atoms with Crippen molar-refractivity contribution in [1.29, 1.82) is 0 Å². The molecule has 17 heavy (non-hydrogen) atoms. The van der Waals surface area contributed by atoms with Crippen molar-refractivity contribution in [1.82, 2.24) is 0 Å². The van der Waals surface area contributed by atoms with Crippen molar-refractivity contribution >= 4 is 11.7 Å². The zero-order chi connectivity index (χ0) is 12.9. The van der Waals surface area contributed by atoms with E-state index < -0.39 is 0 Å². The lowest BCUT2D eigenvalue weighted by molar-refractivity contribution is -0.142. The van der Waals surface area contributed by atoms with E-state index in [1.807, 2.05) is 6.92 Å². The molecule has 0 amide bonds. The van der Waals surface area contributed by atoms with Crippen molar-refractivity contribution in [3.8, 4) is 0 Å². The number of unbranched alkanes of at least 4 members (excludes halogenated alkanes) is 4. The summed E-state index contributed by atoms with van der Waals surface area (Å²) in [5.74, 6) is -0.141. The minimum atomic E-state index is -0.141. The highest BCUT2D eigenvalue weighted by atomic mass is 16.5. The Morgan fingerprint density at radius 2 is 1.71 bits per heavy atom. The van der Waals surface area contributed by atoms with Crippen LogP contribution in [0.15, 0.2) is 4.99 Å². The van der Waals surface area contributed by atoms with Crippen molar-refractivity contribution in [2.45, 2.75) is 65.7 Å². The number of ether oxygens (including phenoxy) is 1. The minimum absolute atomic E-state index is 0.141. The molecule has 3 heteroatoms. The quantitative estimate of drug-likeness (QED) is 0.332. The van der Waals surface area contributed by atoms with Crippen LogP contribution < -0.4 is 0 Å². The number of carbonyl (C=O) groups excluding carboxylic acids is 1. The fraction of sp³-hybridized carbons (Fsp3) is 0.857. The van der Waals surface area contributed by atoms with Gasteiger partial charge >= 0.3 is 5.97 Å². The summed E-state index contributed by atoms with van der Waals surface area (Å²) in [5.41, 5.74) is 0.890. The summed E-state index contributed by atoms with van der Waals surface area (Å²) in [6.45, 7) is 7.59. The summed E-state index contributed by atoms with van der Waals surface area (Å²) in [7, 11) is 0. The number of nitrogens with zero attached hydrogens (tertiary/aromatic N) is 1. The molecule has 0 saturated carbocycles. The van der Waals surface area contributed by atoms with Gasteiger partial charge < -0.3 is 4.74 Å². The van der Waals surface area contributed by atoms with Gasteiger partial charge in [0.1, 0.15) is 0 Å². The average Bonchev–Trinajstić information content (AvgIpc) is 2.30. The number of hydrogen-bond donors (Lipinski definition) is 0. The fourth-order valence-corrected chi connectivity index (χ4v) is 1.49. The van der Waals surface area contributed by atoms with Gasteiger partial charge in [-0.2, -0.15) is 0 Å². The highest BCUT2D eigenvalue weighted by molar-refractivity contribution is 5.97. The molecule has 0 aliphatic rings. The molecular weight excluding hydrogens is 214 g/mol. The summed E-state index contributed by atoms with van der Waals surface area (Å²) < 4.78 is 5.12. The normalized spacial score (nSPS) is 11.6. The van der Waals surface area contributed by atoms with Gasteiger partial charge in [0.05, 0.1) is 13.0 Å². The maximum Gasteiger partial charge on any atom is 0.311 e. The molecule has 0 N–H and O–H groups in total. The molecule has 0 fully saturated rings. The van der Waals surface area contributed by atoms with Gasteiger partial charge in [0, 0.05) is 12.3 Å². The van der Waals surface area contributed by atoms with Crippen molar-refractivity contribution in [3.05, 3.63) is 0 Å². The van der Waals surface area contributed by atoms with Crippen molar-refractivity contribution in [2.75, 3.05) is 13.2 Å². The Morgan fingerprint density at radius 3 is 2.35 bits per heavy atom. The first-order valence-corrected chi connectivity index (χ1v) is 6.86. The smallest absolute Gasteiger partial charge is 0.311 e. The third kappa shape index (κ3) is 11.4. The van der Waals surface area contributed by atoms with Crippen molar-refractivity contribution < 1.29 is 9.53 Å². The highest BCUT2D eigenvalue weighted by Gasteiger charge is 2.04. The molecule has 0 aliphatic heterocycles.